The van der Waals surface area contributed by atoms with Crippen LogP contribution in [0.1, 0.15) is 355 Å². The molecule has 0 aliphatic heterocycles. The van der Waals surface area contributed by atoms with Crippen molar-refractivity contribution in [3.8, 4) is 0 Å². The molecule has 0 saturated carbocycles. The summed E-state index contributed by atoms with van der Waals surface area (Å²) < 4.78 is 16.8. The molecule has 0 aromatic rings. The highest BCUT2D eigenvalue weighted by Crippen LogP contribution is 2.18. The maximum absolute atomic E-state index is 12.8. The van der Waals surface area contributed by atoms with Crippen LogP contribution in [0.3, 0.4) is 0 Å². The summed E-state index contributed by atoms with van der Waals surface area (Å²) in [6, 6.07) is 0. The first-order chi connectivity index (χ1) is 34.0. The third kappa shape index (κ3) is 56.9. The molecule has 0 saturated heterocycles. The molecule has 0 aliphatic rings. The molecule has 0 fully saturated rings. The molecular weight excluding hydrogens is 853 g/mol. The summed E-state index contributed by atoms with van der Waals surface area (Å²) in [5.74, 6) is -0.863. The van der Waals surface area contributed by atoms with E-state index < -0.39 is 6.10 Å². The number of unbranched alkanes of at least 4 members (excludes halogenated alkanes) is 45. The summed E-state index contributed by atoms with van der Waals surface area (Å²) in [6.07, 6.45) is 68.5. The molecule has 0 spiro atoms. The van der Waals surface area contributed by atoms with Crippen molar-refractivity contribution in [2.45, 2.75) is 361 Å². The van der Waals surface area contributed by atoms with Crippen molar-refractivity contribution in [2.24, 2.45) is 0 Å². The van der Waals surface area contributed by atoms with E-state index in [1.165, 1.54) is 250 Å². The highest BCUT2D eigenvalue weighted by molar-refractivity contribution is 5.71. The van der Waals surface area contributed by atoms with Gasteiger partial charge in [-0.15, -0.1) is 0 Å². The summed E-state index contributed by atoms with van der Waals surface area (Å²) >= 11 is 0. The molecule has 0 amide bonds. The number of esters is 3. The molecule has 1 atom stereocenters. The first-order valence-corrected chi connectivity index (χ1v) is 31.2. The second-order valence-electron chi connectivity index (χ2n) is 21.3. The van der Waals surface area contributed by atoms with Crippen molar-refractivity contribution in [2.75, 3.05) is 13.2 Å². The predicted molar refractivity (Wildman–Crippen MR) is 298 cm³/mol. The normalized spacial score (nSPS) is 12.0. The Morgan fingerprint density at radius 3 is 0.725 bits per heavy atom. The number of hydrogen-bond donors (Lipinski definition) is 0. The van der Waals surface area contributed by atoms with E-state index in [9.17, 15) is 14.4 Å². The summed E-state index contributed by atoms with van der Waals surface area (Å²) in [5.41, 5.74) is 0. The molecule has 0 aromatic heterocycles. The second kappa shape index (κ2) is 58.7. The van der Waals surface area contributed by atoms with Crippen LogP contribution in [-0.2, 0) is 28.6 Å². The summed E-state index contributed by atoms with van der Waals surface area (Å²) in [5, 5.41) is 0. The fourth-order valence-corrected chi connectivity index (χ4v) is 9.56. The lowest BCUT2D eigenvalue weighted by Crippen LogP contribution is -2.30. The molecule has 1 unspecified atom stereocenters. The maximum Gasteiger partial charge on any atom is 0.306 e. The average molecular weight is 974 g/mol. The van der Waals surface area contributed by atoms with E-state index in [1.54, 1.807) is 0 Å². The molecule has 0 rings (SSSR count). The van der Waals surface area contributed by atoms with E-state index in [-0.39, 0.29) is 31.1 Å². The minimum atomic E-state index is -0.765. The lowest BCUT2D eigenvalue weighted by atomic mass is 10.0. The Morgan fingerprint density at radius 1 is 0.275 bits per heavy atom. The highest BCUT2D eigenvalue weighted by Gasteiger charge is 2.19. The van der Waals surface area contributed by atoms with Crippen molar-refractivity contribution >= 4 is 17.9 Å². The van der Waals surface area contributed by atoms with Gasteiger partial charge in [-0.2, -0.15) is 0 Å². The van der Waals surface area contributed by atoms with E-state index >= 15 is 0 Å². The number of carbonyl (C=O) groups is 3. The number of rotatable bonds is 58. The Kier molecular flexibility index (Phi) is 57.1. The molecule has 0 heterocycles. The van der Waals surface area contributed by atoms with Gasteiger partial charge in [0.25, 0.3) is 0 Å². The van der Waals surface area contributed by atoms with Crippen molar-refractivity contribution in [1.29, 1.82) is 0 Å². The van der Waals surface area contributed by atoms with Crippen LogP contribution < -0.4 is 0 Å². The molecule has 0 radical (unpaired) electrons. The third-order valence-corrected chi connectivity index (χ3v) is 14.3. The van der Waals surface area contributed by atoms with Crippen LogP contribution in [0.5, 0.6) is 0 Å². The van der Waals surface area contributed by atoms with Gasteiger partial charge in [0.1, 0.15) is 13.2 Å². The van der Waals surface area contributed by atoms with Crippen LogP contribution in [0.15, 0.2) is 12.2 Å². The zero-order valence-electron chi connectivity index (χ0n) is 46.9. The lowest BCUT2D eigenvalue weighted by molar-refractivity contribution is -0.167. The minimum Gasteiger partial charge on any atom is -0.462 e. The lowest BCUT2D eigenvalue weighted by Gasteiger charge is -2.18. The van der Waals surface area contributed by atoms with Gasteiger partial charge < -0.3 is 14.2 Å². The molecule has 69 heavy (non-hydrogen) atoms. The predicted octanol–water partition coefficient (Wildman–Crippen LogP) is 20.9. The van der Waals surface area contributed by atoms with Gasteiger partial charge in [-0.3, -0.25) is 14.4 Å². The van der Waals surface area contributed by atoms with Crippen molar-refractivity contribution in [1.82, 2.24) is 0 Å². The fourth-order valence-electron chi connectivity index (χ4n) is 9.56. The summed E-state index contributed by atoms with van der Waals surface area (Å²) in [4.78, 5) is 37.8. The van der Waals surface area contributed by atoms with Gasteiger partial charge in [0.2, 0.25) is 0 Å². The van der Waals surface area contributed by atoms with Gasteiger partial charge in [-0.1, -0.05) is 303 Å². The maximum atomic E-state index is 12.8. The van der Waals surface area contributed by atoms with Gasteiger partial charge >= 0.3 is 17.9 Å². The topological polar surface area (TPSA) is 78.9 Å². The van der Waals surface area contributed by atoms with E-state index in [0.29, 0.717) is 19.3 Å². The van der Waals surface area contributed by atoms with E-state index in [1.807, 2.05) is 0 Å². The van der Waals surface area contributed by atoms with Crippen LogP contribution in [-0.4, -0.2) is 37.2 Å². The fraction of sp³-hybridized carbons (Fsp3) is 0.921. The van der Waals surface area contributed by atoms with Gasteiger partial charge in [0.05, 0.1) is 0 Å². The Bertz CT molecular complexity index is 1070. The molecule has 0 N–H and O–H groups in total. The average Bonchev–Trinajstić information content (AvgIpc) is 3.35. The Morgan fingerprint density at radius 2 is 0.478 bits per heavy atom. The Hall–Kier alpha value is -1.85. The van der Waals surface area contributed by atoms with E-state index in [0.717, 1.165) is 64.2 Å². The number of allylic oxidation sites excluding steroid dienone is 2. The SMILES string of the molecule is CCCCCCCCC/C=C\CCCCCCCCCC(=O)OC(COC(=O)CCCCCCC)COC(=O)CCCCCCCCCCCCCCCCCCCCCCCCCCCCCC. The smallest absolute Gasteiger partial charge is 0.306 e. The molecule has 408 valence electrons. The zero-order chi connectivity index (χ0) is 50.0. The number of ether oxygens (including phenoxy) is 3. The molecular formula is C63H120O6. The van der Waals surface area contributed by atoms with Gasteiger partial charge in [-0.25, -0.2) is 0 Å². The van der Waals surface area contributed by atoms with Gasteiger partial charge in [0, 0.05) is 19.3 Å². The zero-order valence-corrected chi connectivity index (χ0v) is 46.9. The quantitative estimate of drug-likeness (QED) is 0.0261. The van der Waals surface area contributed by atoms with Crippen LogP contribution in [0.4, 0.5) is 0 Å². The Balaban J connectivity index is 3.95. The molecule has 0 bridgehead atoms. The van der Waals surface area contributed by atoms with Crippen molar-refractivity contribution < 1.29 is 28.6 Å². The largest absolute Gasteiger partial charge is 0.462 e. The van der Waals surface area contributed by atoms with E-state index in [2.05, 4.69) is 32.9 Å². The Labute approximate surface area is 431 Å². The molecule has 0 aliphatic carbocycles. The molecule has 6 heteroatoms. The third-order valence-electron chi connectivity index (χ3n) is 14.3. The van der Waals surface area contributed by atoms with Crippen molar-refractivity contribution in [3.63, 3.8) is 0 Å². The molecule has 6 nitrogen and oxygen atoms in total. The van der Waals surface area contributed by atoms with Crippen LogP contribution in [0.25, 0.3) is 0 Å². The summed E-state index contributed by atoms with van der Waals surface area (Å²) in [6.45, 7) is 6.61. The van der Waals surface area contributed by atoms with Gasteiger partial charge in [-0.05, 0) is 44.9 Å². The first kappa shape index (κ1) is 67.1. The van der Waals surface area contributed by atoms with E-state index in [4.69, 9.17) is 14.2 Å². The standard InChI is InChI=1S/C63H120O6/c1-4-7-10-13-15-17-19-21-23-25-27-28-29-30-31-32-33-34-35-36-38-39-41-43-45-47-50-53-56-62(65)68-59-60(58-67-61(64)55-52-49-12-9-6-3)69-63(66)57-54-51-48-46-44-42-40-37-26-24-22-20-18-16-14-11-8-5-2/h24,26,60H,4-23,25,27-59H2,1-3H3/b26-24-. The monoisotopic (exact) mass is 973 g/mol. The van der Waals surface area contributed by atoms with Gasteiger partial charge in [0.15, 0.2) is 6.10 Å². The molecule has 0 aromatic carbocycles. The van der Waals surface area contributed by atoms with Crippen LogP contribution in [0.2, 0.25) is 0 Å². The highest BCUT2D eigenvalue weighted by atomic mass is 16.6. The second-order valence-corrected chi connectivity index (χ2v) is 21.3. The van der Waals surface area contributed by atoms with Crippen LogP contribution in [0, 0.1) is 0 Å². The number of carbonyl (C=O) groups excluding carboxylic acids is 3. The van der Waals surface area contributed by atoms with Crippen LogP contribution >= 0.6 is 0 Å². The van der Waals surface area contributed by atoms with Crippen molar-refractivity contribution in [3.05, 3.63) is 12.2 Å². The first-order valence-electron chi connectivity index (χ1n) is 31.2. The number of hydrogen-bond acceptors (Lipinski definition) is 6. The minimum absolute atomic E-state index is 0.0673. The summed E-state index contributed by atoms with van der Waals surface area (Å²) in [7, 11) is 0.